The number of rotatable bonds is 4. The van der Waals surface area contributed by atoms with Crippen molar-refractivity contribution >= 4 is 16.1 Å². The summed E-state index contributed by atoms with van der Waals surface area (Å²) in [6, 6.07) is 3.38. The zero-order chi connectivity index (χ0) is 24.0. The Labute approximate surface area is 196 Å². The van der Waals surface area contributed by atoms with E-state index in [2.05, 4.69) is 10.2 Å². The van der Waals surface area contributed by atoms with Gasteiger partial charge in [0.2, 0.25) is 10.0 Å². The van der Waals surface area contributed by atoms with Crippen molar-refractivity contribution in [3.8, 4) is 11.5 Å². The van der Waals surface area contributed by atoms with E-state index in [-0.39, 0.29) is 23.9 Å². The maximum Gasteiger partial charge on any atom is 0.407 e. The number of hydrogen-bond donors (Lipinski definition) is 1. The molecule has 3 heterocycles. The van der Waals surface area contributed by atoms with Gasteiger partial charge in [0, 0.05) is 25.7 Å². The second-order valence-corrected chi connectivity index (χ2v) is 12.0. The van der Waals surface area contributed by atoms with Crippen molar-refractivity contribution in [1.82, 2.24) is 14.5 Å². The average molecular weight is 482 g/mol. The Morgan fingerprint density at radius 2 is 1.82 bits per heavy atom. The first kappa shape index (κ1) is 24.1. The van der Waals surface area contributed by atoms with Gasteiger partial charge < -0.3 is 19.5 Å². The van der Waals surface area contributed by atoms with Crippen LogP contribution in [0.3, 0.4) is 0 Å². The van der Waals surface area contributed by atoms with Crippen molar-refractivity contribution in [3.05, 3.63) is 23.3 Å². The Hall–Kier alpha value is -2.04. The van der Waals surface area contributed by atoms with E-state index in [9.17, 15) is 13.2 Å². The normalized spacial score (nSPS) is 27.4. The van der Waals surface area contributed by atoms with E-state index in [0.717, 1.165) is 18.5 Å². The summed E-state index contributed by atoms with van der Waals surface area (Å²) in [6.07, 6.45) is 1.51. The van der Waals surface area contributed by atoms with Gasteiger partial charge >= 0.3 is 6.09 Å². The Morgan fingerprint density at radius 3 is 2.42 bits per heavy atom. The van der Waals surface area contributed by atoms with Crippen LogP contribution in [0.15, 0.2) is 12.1 Å². The number of nitrogens with zero attached hydrogens (tertiary/aromatic N) is 2. The molecule has 0 radical (unpaired) electrons. The van der Waals surface area contributed by atoms with Crippen LogP contribution in [0.25, 0.3) is 0 Å². The van der Waals surface area contributed by atoms with Crippen molar-refractivity contribution in [1.29, 1.82) is 0 Å². The molecule has 3 aliphatic heterocycles. The molecule has 0 bridgehead atoms. The first-order chi connectivity index (χ1) is 15.5. The van der Waals surface area contributed by atoms with Gasteiger partial charge in [0.15, 0.2) is 11.5 Å². The standard InChI is InChI=1S/C23H35N3O6S/c1-23(2,3)32-22(27)24-17-13-18-16-12-21(31-5)20(30-4)11-15(16)7-9-25(18)14-19(17)26-8-6-10-33(26,28)29/h11-12,17-19H,6-10,13-14H2,1-5H3,(H,24,27). The van der Waals surface area contributed by atoms with Gasteiger partial charge in [-0.1, -0.05) is 0 Å². The number of carbonyl (C=O) groups excluding carboxylic acids is 1. The lowest BCUT2D eigenvalue weighted by Crippen LogP contribution is -2.62. The van der Waals surface area contributed by atoms with E-state index < -0.39 is 21.7 Å². The van der Waals surface area contributed by atoms with Gasteiger partial charge in [0.25, 0.3) is 0 Å². The van der Waals surface area contributed by atoms with Gasteiger partial charge in [0.05, 0.1) is 32.1 Å². The molecular weight excluding hydrogens is 446 g/mol. The molecule has 1 aromatic rings. The van der Waals surface area contributed by atoms with E-state index in [1.165, 1.54) is 5.56 Å². The third kappa shape index (κ3) is 4.93. The summed E-state index contributed by atoms with van der Waals surface area (Å²) in [5.41, 5.74) is 1.69. The average Bonchev–Trinajstić information content (AvgIpc) is 3.09. The summed E-state index contributed by atoms with van der Waals surface area (Å²) >= 11 is 0. The zero-order valence-corrected chi connectivity index (χ0v) is 20.9. The van der Waals surface area contributed by atoms with Crippen LogP contribution in [0, 0.1) is 0 Å². The van der Waals surface area contributed by atoms with Crippen LogP contribution in [-0.2, 0) is 21.2 Å². The predicted octanol–water partition coefficient (Wildman–Crippen LogP) is 2.30. The molecule has 4 rings (SSSR count). The summed E-state index contributed by atoms with van der Waals surface area (Å²) in [5, 5.41) is 3.01. The number of benzene rings is 1. The molecule has 3 aliphatic rings. The van der Waals surface area contributed by atoms with Gasteiger partial charge in [-0.25, -0.2) is 13.2 Å². The minimum absolute atomic E-state index is 0.0371. The molecule has 0 aliphatic carbocycles. The fraction of sp³-hybridized carbons (Fsp3) is 0.696. The fourth-order valence-electron chi connectivity index (χ4n) is 5.28. The Kier molecular flexibility index (Phi) is 6.54. The molecule has 184 valence electrons. The van der Waals surface area contributed by atoms with E-state index in [1.54, 1.807) is 18.5 Å². The van der Waals surface area contributed by atoms with Gasteiger partial charge in [-0.15, -0.1) is 0 Å². The van der Waals surface area contributed by atoms with Crippen molar-refractivity contribution < 1.29 is 27.4 Å². The molecule has 0 saturated carbocycles. The maximum absolute atomic E-state index is 12.8. The lowest BCUT2D eigenvalue weighted by molar-refractivity contribution is 0.0314. The Bertz CT molecular complexity index is 1010. The molecule has 0 aromatic heterocycles. The number of ether oxygens (including phenoxy) is 3. The summed E-state index contributed by atoms with van der Waals surface area (Å²) in [7, 11) is -0.0858. The van der Waals surface area contributed by atoms with Crippen molar-refractivity contribution in [2.24, 2.45) is 0 Å². The summed E-state index contributed by atoms with van der Waals surface area (Å²) in [5.74, 6) is 1.52. The van der Waals surface area contributed by atoms with E-state index >= 15 is 0 Å². The second-order valence-electron chi connectivity index (χ2n) is 10.0. The lowest BCUT2D eigenvalue weighted by Gasteiger charge is -2.49. The second kappa shape index (κ2) is 8.96. The summed E-state index contributed by atoms with van der Waals surface area (Å²) in [4.78, 5) is 15.0. The van der Waals surface area contributed by atoms with Gasteiger partial charge in [-0.3, -0.25) is 4.90 Å². The molecule has 9 nitrogen and oxygen atoms in total. The molecule has 2 saturated heterocycles. The highest BCUT2D eigenvalue weighted by Crippen LogP contribution is 2.43. The highest BCUT2D eigenvalue weighted by Gasteiger charge is 2.46. The number of amides is 1. The monoisotopic (exact) mass is 481 g/mol. The number of methoxy groups -OCH3 is 2. The minimum atomic E-state index is -3.33. The van der Waals surface area contributed by atoms with Crippen LogP contribution >= 0.6 is 0 Å². The molecular formula is C23H35N3O6S. The minimum Gasteiger partial charge on any atom is -0.493 e. The van der Waals surface area contributed by atoms with E-state index in [0.29, 0.717) is 37.4 Å². The van der Waals surface area contributed by atoms with Gasteiger partial charge in [-0.05, 0) is 63.3 Å². The van der Waals surface area contributed by atoms with Crippen LogP contribution in [-0.4, -0.2) is 81.0 Å². The number of sulfonamides is 1. The van der Waals surface area contributed by atoms with Crippen molar-refractivity contribution in [2.75, 3.05) is 39.6 Å². The quantitative estimate of drug-likeness (QED) is 0.705. The highest BCUT2D eigenvalue weighted by molar-refractivity contribution is 7.89. The first-order valence-electron chi connectivity index (χ1n) is 11.5. The van der Waals surface area contributed by atoms with Crippen molar-refractivity contribution in [2.45, 2.75) is 63.8 Å². The highest BCUT2D eigenvalue weighted by atomic mass is 32.2. The van der Waals surface area contributed by atoms with E-state index in [4.69, 9.17) is 14.2 Å². The van der Waals surface area contributed by atoms with Crippen LogP contribution in [0.4, 0.5) is 4.79 Å². The van der Waals surface area contributed by atoms with Crippen LogP contribution < -0.4 is 14.8 Å². The smallest absolute Gasteiger partial charge is 0.407 e. The predicted molar refractivity (Wildman–Crippen MR) is 124 cm³/mol. The lowest BCUT2D eigenvalue weighted by atomic mass is 9.83. The zero-order valence-electron chi connectivity index (χ0n) is 20.1. The van der Waals surface area contributed by atoms with Gasteiger partial charge in [0.1, 0.15) is 5.60 Å². The van der Waals surface area contributed by atoms with Gasteiger partial charge in [-0.2, -0.15) is 4.31 Å². The molecule has 0 spiro atoms. The third-order valence-corrected chi connectivity index (χ3v) is 8.66. The molecule has 33 heavy (non-hydrogen) atoms. The Morgan fingerprint density at radius 1 is 1.12 bits per heavy atom. The van der Waals surface area contributed by atoms with Crippen LogP contribution in [0.5, 0.6) is 11.5 Å². The fourth-order valence-corrected chi connectivity index (χ4v) is 7.04. The number of hydrogen-bond acceptors (Lipinski definition) is 7. The number of piperidine rings is 1. The third-order valence-electron chi connectivity index (χ3n) is 6.69. The maximum atomic E-state index is 12.8. The number of carbonyl (C=O) groups is 1. The number of nitrogens with one attached hydrogen (secondary N) is 1. The SMILES string of the molecule is COc1cc2c(cc1OC)C1CC(NC(=O)OC(C)(C)C)C(N3CCCS3(=O)=O)CN1CC2. The Balaban J connectivity index is 1.66. The molecule has 3 atom stereocenters. The van der Waals surface area contributed by atoms with Crippen LogP contribution in [0.2, 0.25) is 0 Å². The molecule has 3 unspecified atom stereocenters. The molecule has 10 heteroatoms. The van der Waals surface area contributed by atoms with Crippen molar-refractivity contribution in [3.63, 3.8) is 0 Å². The first-order valence-corrected chi connectivity index (χ1v) is 13.1. The topological polar surface area (TPSA) is 97.4 Å². The van der Waals surface area contributed by atoms with E-state index in [1.807, 2.05) is 32.9 Å². The molecule has 1 amide bonds. The molecule has 2 fully saturated rings. The largest absolute Gasteiger partial charge is 0.493 e. The summed E-state index contributed by atoms with van der Waals surface area (Å²) < 4.78 is 43.7. The molecule has 1 N–H and O–H groups in total. The summed E-state index contributed by atoms with van der Waals surface area (Å²) in [6.45, 7) is 7.30. The molecule has 1 aromatic carbocycles. The number of fused-ring (bicyclic) bond motifs is 3. The number of alkyl carbamates (subject to hydrolysis) is 1. The van der Waals surface area contributed by atoms with Crippen LogP contribution in [0.1, 0.15) is 50.8 Å².